The quantitative estimate of drug-likeness (QED) is 0.708. The van der Waals surface area contributed by atoms with Crippen LogP contribution in [0.3, 0.4) is 0 Å². The highest BCUT2D eigenvalue weighted by molar-refractivity contribution is 7.92. The summed E-state index contributed by atoms with van der Waals surface area (Å²) in [5, 5.41) is 8.33. The Morgan fingerprint density at radius 3 is 2.46 bits per heavy atom. The van der Waals surface area contributed by atoms with Crippen molar-refractivity contribution in [2.45, 2.75) is 11.1 Å². The largest absolute Gasteiger partial charge is 0.489 e. The van der Waals surface area contributed by atoms with Gasteiger partial charge >= 0.3 is 6.18 Å². The van der Waals surface area contributed by atoms with Crippen LogP contribution in [-0.4, -0.2) is 26.7 Å². The van der Waals surface area contributed by atoms with Crippen LogP contribution in [0.4, 0.5) is 23.2 Å². The van der Waals surface area contributed by atoms with Gasteiger partial charge < -0.3 is 9.84 Å². The summed E-state index contributed by atoms with van der Waals surface area (Å²) >= 11 is 5.73. The fourth-order valence-corrected chi connectivity index (χ4v) is 3.54. The van der Waals surface area contributed by atoms with Gasteiger partial charge in [0.1, 0.15) is 23.1 Å². The zero-order chi connectivity index (χ0) is 19.5. The summed E-state index contributed by atoms with van der Waals surface area (Å²) in [6.07, 6.45) is -4.76. The highest BCUT2D eigenvalue weighted by atomic mass is 35.5. The zero-order valence-electron chi connectivity index (χ0n) is 12.8. The van der Waals surface area contributed by atoms with Crippen molar-refractivity contribution in [1.82, 2.24) is 0 Å². The summed E-state index contributed by atoms with van der Waals surface area (Å²) in [5.74, 6) is -0.983. The fourth-order valence-electron chi connectivity index (χ4n) is 1.94. The molecule has 2 aromatic rings. The fraction of sp³-hybridized carbons (Fsp3) is 0.200. The van der Waals surface area contributed by atoms with Crippen LogP contribution >= 0.6 is 11.6 Å². The van der Waals surface area contributed by atoms with Crippen LogP contribution in [0.25, 0.3) is 0 Å². The summed E-state index contributed by atoms with van der Waals surface area (Å²) in [5.41, 5.74) is -1.42. The molecule has 0 spiro atoms. The molecule has 0 fully saturated rings. The van der Waals surface area contributed by atoms with E-state index < -0.39 is 44.1 Å². The van der Waals surface area contributed by atoms with Crippen LogP contribution in [-0.2, 0) is 16.2 Å². The van der Waals surface area contributed by atoms with Gasteiger partial charge in [0.25, 0.3) is 10.0 Å². The molecule has 0 aromatic heterocycles. The average Bonchev–Trinajstić information content (AvgIpc) is 2.54. The van der Waals surface area contributed by atoms with E-state index in [4.69, 9.17) is 21.4 Å². The van der Waals surface area contributed by atoms with Crippen LogP contribution < -0.4 is 9.46 Å². The van der Waals surface area contributed by atoms with E-state index in [2.05, 4.69) is 0 Å². The Labute approximate surface area is 151 Å². The van der Waals surface area contributed by atoms with Crippen LogP contribution in [0, 0.1) is 5.82 Å². The number of nitrogens with one attached hydrogen (secondary N) is 1. The van der Waals surface area contributed by atoms with Crippen LogP contribution in [0.1, 0.15) is 5.56 Å². The Morgan fingerprint density at radius 2 is 1.85 bits per heavy atom. The van der Waals surface area contributed by atoms with Crippen molar-refractivity contribution in [3.8, 4) is 5.75 Å². The molecule has 0 heterocycles. The monoisotopic (exact) mass is 413 g/mol. The molecule has 5 nitrogen and oxygen atoms in total. The minimum atomic E-state index is -4.76. The number of sulfonamides is 1. The van der Waals surface area contributed by atoms with Gasteiger partial charge in [0.15, 0.2) is 0 Å². The minimum Gasteiger partial charge on any atom is -0.489 e. The van der Waals surface area contributed by atoms with E-state index in [1.54, 1.807) is 0 Å². The summed E-state index contributed by atoms with van der Waals surface area (Å²) in [6, 6.07) is 4.67. The second-order valence-corrected chi connectivity index (χ2v) is 7.02. The number of benzene rings is 2. The van der Waals surface area contributed by atoms with E-state index in [0.717, 1.165) is 24.3 Å². The van der Waals surface area contributed by atoms with Crippen LogP contribution in [0.15, 0.2) is 41.3 Å². The Morgan fingerprint density at radius 1 is 1.15 bits per heavy atom. The number of alkyl halides is 3. The molecule has 26 heavy (non-hydrogen) atoms. The molecule has 0 aliphatic carbocycles. The molecule has 11 heteroatoms. The smallest absolute Gasteiger partial charge is 0.416 e. The van der Waals surface area contributed by atoms with Crippen molar-refractivity contribution in [2.24, 2.45) is 0 Å². The predicted octanol–water partition coefficient (Wildman–Crippen LogP) is 3.67. The summed E-state index contributed by atoms with van der Waals surface area (Å²) in [4.78, 5) is -0.800. The summed E-state index contributed by atoms with van der Waals surface area (Å²) in [7, 11) is -4.53. The SMILES string of the molecule is O=S(=O)(Nc1ccc(F)cc1OCCO)c1cc(C(F)(F)F)ccc1Cl. The lowest BCUT2D eigenvalue weighted by molar-refractivity contribution is -0.137. The molecule has 2 aromatic carbocycles. The first-order chi connectivity index (χ1) is 12.0. The van der Waals surface area contributed by atoms with E-state index in [1.165, 1.54) is 0 Å². The second-order valence-electron chi connectivity index (χ2n) is 4.96. The van der Waals surface area contributed by atoms with Crippen molar-refractivity contribution in [3.63, 3.8) is 0 Å². The molecular formula is C15H12ClF4NO4S. The number of rotatable bonds is 6. The van der Waals surface area contributed by atoms with Gasteiger partial charge in [-0.05, 0) is 30.3 Å². The van der Waals surface area contributed by atoms with Gasteiger partial charge in [-0.3, -0.25) is 4.72 Å². The third-order valence-corrected chi connectivity index (χ3v) is 4.93. The van der Waals surface area contributed by atoms with E-state index in [-0.39, 0.29) is 18.0 Å². The first kappa shape index (κ1) is 20.3. The maximum absolute atomic E-state index is 13.3. The first-order valence-corrected chi connectivity index (χ1v) is 8.83. The lowest BCUT2D eigenvalue weighted by atomic mass is 10.2. The van der Waals surface area contributed by atoms with Gasteiger partial charge in [-0.25, -0.2) is 12.8 Å². The van der Waals surface area contributed by atoms with Gasteiger partial charge in [-0.15, -0.1) is 0 Å². The molecule has 0 saturated heterocycles. The number of ether oxygens (including phenoxy) is 1. The van der Waals surface area contributed by atoms with E-state index >= 15 is 0 Å². The molecule has 0 amide bonds. The van der Waals surface area contributed by atoms with Crippen molar-refractivity contribution in [2.75, 3.05) is 17.9 Å². The molecule has 2 N–H and O–H groups in total. The molecule has 0 radical (unpaired) electrons. The number of halogens is 5. The minimum absolute atomic E-state index is 0.228. The van der Waals surface area contributed by atoms with Crippen LogP contribution in [0.2, 0.25) is 5.02 Å². The standard InChI is InChI=1S/C15H12ClF4NO4S/c16-11-3-1-9(15(18,19)20)7-14(11)26(23,24)21-12-4-2-10(17)8-13(12)25-6-5-22/h1-4,7-8,21-22H,5-6H2. The second kappa shape index (κ2) is 7.68. The molecule has 0 atom stereocenters. The molecule has 0 aliphatic rings. The molecular weight excluding hydrogens is 402 g/mol. The molecule has 0 aliphatic heterocycles. The lowest BCUT2D eigenvalue weighted by Gasteiger charge is -2.15. The van der Waals surface area contributed by atoms with Crippen molar-refractivity contribution in [1.29, 1.82) is 0 Å². The topological polar surface area (TPSA) is 75.6 Å². The normalized spacial score (nSPS) is 12.1. The lowest BCUT2D eigenvalue weighted by Crippen LogP contribution is -2.16. The van der Waals surface area contributed by atoms with Crippen LogP contribution in [0.5, 0.6) is 5.75 Å². The number of aliphatic hydroxyl groups excluding tert-OH is 1. The average molecular weight is 414 g/mol. The molecule has 2 rings (SSSR count). The molecule has 0 unspecified atom stereocenters. The van der Waals surface area contributed by atoms with Crippen molar-refractivity contribution in [3.05, 3.63) is 52.8 Å². The third-order valence-electron chi connectivity index (χ3n) is 3.08. The van der Waals surface area contributed by atoms with Crippen molar-refractivity contribution < 1.29 is 35.8 Å². The maximum Gasteiger partial charge on any atom is 0.416 e. The van der Waals surface area contributed by atoms with Gasteiger partial charge in [-0.1, -0.05) is 11.6 Å². The molecule has 0 bridgehead atoms. The Hall–Kier alpha value is -2.04. The molecule has 0 saturated carbocycles. The zero-order valence-corrected chi connectivity index (χ0v) is 14.4. The number of anilines is 1. The van der Waals surface area contributed by atoms with E-state index in [0.29, 0.717) is 12.1 Å². The maximum atomic E-state index is 13.3. The first-order valence-electron chi connectivity index (χ1n) is 6.97. The third kappa shape index (κ3) is 4.77. The highest BCUT2D eigenvalue weighted by Gasteiger charge is 2.33. The highest BCUT2D eigenvalue weighted by Crippen LogP contribution is 2.35. The van der Waals surface area contributed by atoms with Gasteiger partial charge in [0.05, 0.1) is 22.9 Å². The van der Waals surface area contributed by atoms with Gasteiger partial charge in [0.2, 0.25) is 0 Å². The van der Waals surface area contributed by atoms with Crippen molar-refractivity contribution >= 4 is 27.3 Å². The van der Waals surface area contributed by atoms with Gasteiger partial charge in [-0.2, -0.15) is 13.2 Å². The predicted molar refractivity (Wildman–Crippen MR) is 86.2 cm³/mol. The number of aliphatic hydroxyl groups is 1. The number of hydrogen-bond donors (Lipinski definition) is 2. The summed E-state index contributed by atoms with van der Waals surface area (Å²) in [6.45, 7) is -0.662. The van der Waals surface area contributed by atoms with Gasteiger partial charge in [0, 0.05) is 6.07 Å². The number of hydrogen-bond acceptors (Lipinski definition) is 4. The summed E-state index contributed by atoms with van der Waals surface area (Å²) < 4.78 is 83.7. The Bertz CT molecular complexity index is 903. The van der Waals surface area contributed by atoms with E-state index in [9.17, 15) is 26.0 Å². The Kier molecular flexibility index (Phi) is 5.99. The Balaban J connectivity index is 2.44. The van der Waals surface area contributed by atoms with E-state index in [1.807, 2.05) is 4.72 Å². The molecule has 142 valence electrons.